The lowest BCUT2D eigenvalue weighted by Gasteiger charge is -2.34. The van der Waals surface area contributed by atoms with Crippen LogP contribution in [0.5, 0.6) is 5.75 Å². The van der Waals surface area contributed by atoms with Crippen molar-refractivity contribution in [2.75, 3.05) is 19.4 Å². The average molecular weight is 280 g/mol. The first-order chi connectivity index (χ1) is 9.25. The molecule has 0 unspecified atom stereocenters. The number of amides is 1. The molecule has 0 atom stereocenters. The smallest absolute Gasteiger partial charge is 0.329 e. The Bertz CT molecular complexity index is 526. The van der Waals surface area contributed by atoms with Crippen molar-refractivity contribution in [2.24, 2.45) is 0 Å². The molecule has 1 aromatic carbocycles. The summed E-state index contributed by atoms with van der Waals surface area (Å²) in [5.74, 6) is -1.14. The fourth-order valence-corrected chi connectivity index (χ4v) is 1.94. The van der Waals surface area contributed by atoms with E-state index in [1.807, 2.05) is 0 Å². The van der Waals surface area contributed by atoms with Crippen molar-refractivity contribution in [1.82, 2.24) is 4.90 Å². The summed E-state index contributed by atoms with van der Waals surface area (Å²) < 4.78 is 5.14. The molecule has 0 fully saturated rings. The van der Waals surface area contributed by atoms with E-state index in [1.165, 1.54) is 38.0 Å². The van der Waals surface area contributed by atoms with Gasteiger partial charge in [0.2, 0.25) is 0 Å². The van der Waals surface area contributed by atoms with Gasteiger partial charge >= 0.3 is 5.97 Å². The Kier molecular flexibility index (Phi) is 4.60. The van der Waals surface area contributed by atoms with E-state index in [9.17, 15) is 14.7 Å². The molecule has 0 aromatic heterocycles. The largest absolute Gasteiger partial charge is 0.496 e. The number of anilines is 1. The van der Waals surface area contributed by atoms with Gasteiger partial charge < -0.3 is 20.5 Å². The van der Waals surface area contributed by atoms with Crippen LogP contribution in [0.15, 0.2) is 18.2 Å². The maximum Gasteiger partial charge on any atom is 0.329 e. The van der Waals surface area contributed by atoms with Gasteiger partial charge in [0, 0.05) is 18.3 Å². The molecule has 20 heavy (non-hydrogen) atoms. The van der Waals surface area contributed by atoms with Crippen molar-refractivity contribution in [3.8, 4) is 5.75 Å². The number of likely N-dealkylation sites (N-methyl/N-ethyl adjacent to an activating group) is 1. The van der Waals surface area contributed by atoms with Gasteiger partial charge in [0.25, 0.3) is 5.91 Å². The van der Waals surface area contributed by atoms with E-state index in [4.69, 9.17) is 10.5 Å². The number of carbonyl (C=O) groups excluding carboxylic acids is 1. The van der Waals surface area contributed by atoms with Gasteiger partial charge in [-0.05, 0) is 32.9 Å². The fraction of sp³-hybridized carbons (Fsp3) is 0.429. The molecule has 0 aliphatic carbocycles. The Morgan fingerprint density at radius 1 is 1.40 bits per heavy atom. The van der Waals surface area contributed by atoms with Gasteiger partial charge in [0.05, 0.1) is 12.7 Å². The van der Waals surface area contributed by atoms with Gasteiger partial charge in [-0.3, -0.25) is 4.79 Å². The van der Waals surface area contributed by atoms with Crippen molar-refractivity contribution in [3.63, 3.8) is 0 Å². The predicted octanol–water partition coefficient (Wildman–Crippen LogP) is 1.60. The highest BCUT2D eigenvalue weighted by Crippen LogP contribution is 2.26. The molecule has 110 valence electrons. The lowest BCUT2D eigenvalue weighted by atomic mass is 10.0. The highest BCUT2D eigenvalue weighted by Gasteiger charge is 2.38. The number of carbonyl (C=O) groups is 2. The average Bonchev–Trinajstić information content (AvgIpc) is 2.38. The zero-order chi connectivity index (χ0) is 15.5. The van der Waals surface area contributed by atoms with Gasteiger partial charge in [-0.25, -0.2) is 4.79 Å². The summed E-state index contributed by atoms with van der Waals surface area (Å²) in [6.45, 7) is 4.97. The van der Waals surface area contributed by atoms with Crippen LogP contribution in [0.3, 0.4) is 0 Å². The van der Waals surface area contributed by atoms with Crippen LogP contribution in [0.1, 0.15) is 31.1 Å². The number of aliphatic carboxylic acids is 1. The monoisotopic (exact) mass is 280 g/mol. The van der Waals surface area contributed by atoms with Crippen LogP contribution in [-0.2, 0) is 4.79 Å². The van der Waals surface area contributed by atoms with Crippen LogP contribution in [-0.4, -0.2) is 41.1 Å². The molecule has 6 heteroatoms. The van der Waals surface area contributed by atoms with Gasteiger partial charge in [0.15, 0.2) is 0 Å². The molecule has 3 N–H and O–H groups in total. The number of carboxylic acids is 1. The number of nitrogen functional groups attached to an aromatic ring is 1. The predicted molar refractivity (Wildman–Crippen MR) is 75.8 cm³/mol. The van der Waals surface area contributed by atoms with Crippen LogP contribution >= 0.6 is 0 Å². The number of hydrogen-bond donors (Lipinski definition) is 2. The lowest BCUT2D eigenvalue weighted by molar-refractivity contribution is -0.147. The van der Waals surface area contributed by atoms with E-state index in [1.54, 1.807) is 13.0 Å². The Hall–Kier alpha value is -2.24. The molecule has 0 heterocycles. The highest BCUT2D eigenvalue weighted by molar-refractivity contribution is 6.00. The zero-order valence-corrected chi connectivity index (χ0v) is 12.1. The van der Waals surface area contributed by atoms with E-state index in [0.717, 1.165) is 0 Å². The third-order valence-corrected chi connectivity index (χ3v) is 3.22. The number of nitrogens with two attached hydrogens (primary N) is 1. The number of nitrogens with zero attached hydrogens (tertiary/aromatic N) is 1. The second-order valence-corrected chi connectivity index (χ2v) is 4.87. The highest BCUT2D eigenvalue weighted by atomic mass is 16.5. The third-order valence-electron chi connectivity index (χ3n) is 3.22. The van der Waals surface area contributed by atoms with E-state index in [-0.39, 0.29) is 12.1 Å². The van der Waals surface area contributed by atoms with E-state index in [2.05, 4.69) is 0 Å². The molecule has 0 bridgehead atoms. The maximum atomic E-state index is 12.6. The minimum Gasteiger partial charge on any atom is -0.496 e. The minimum atomic E-state index is -1.31. The lowest BCUT2D eigenvalue weighted by Crippen LogP contribution is -2.52. The van der Waals surface area contributed by atoms with Gasteiger partial charge in [-0.2, -0.15) is 0 Å². The van der Waals surface area contributed by atoms with Gasteiger partial charge in [-0.15, -0.1) is 0 Å². The SMILES string of the molecule is CCN(C(=O)c1ccc(N)cc1OC)C(C)(C)C(=O)O. The third kappa shape index (κ3) is 2.84. The normalized spacial score (nSPS) is 11.0. The molecular formula is C14H20N2O4. The first-order valence-electron chi connectivity index (χ1n) is 6.24. The Labute approximate surface area is 118 Å². The van der Waals surface area contributed by atoms with Crippen LogP contribution in [0.25, 0.3) is 0 Å². The molecule has 1 rings (SSSR count). The minimum absolute atomic E-state index is 0.270. The first kappa shape index (κ1) is 15.8. The van der Waals surface area contributed by atoms with Crippen molar-refractivity contribution >= 4 is 17.6 Å². The summed E-state index contributed by atoms with van der Waals surface area (Å²) in [5, 5.41) is 9.26. The Morgan fingerprint density at radius 2 is 2.00 bits per heavy atom. The molecule has 1 amide bonds. The van der Waals surface area contributed by atoms with Crippen LogP contribution in [0, 0.1) is 0 Å². The summed E-state index contributed by atoms with van der Waals surface area (Å²) in [7, 11) is 1.43. The van der Waals surface area contributed by atoms with Crippen molar-refractivity contribution in [1.29, 1.82) is 0 Å². The number of rotatable bonds is 5. The van der Waals surface area contributed by atoms with Gasteiger partial charge in [-0.1, -0.05) is 0 Å². The molecule has 1 aromatic rings. The summed E-state index contributed by atoms with van der Waals surface area (Å²) >= 11 is 0. The molecular weight excluding hydrogens is 260 g/mol. The number of hydrogen-bond acceptors (Lipinski definition) is 4. The second kappa shape index (κ2) is 5.81. The molecule has 0 saturated carbocycles. The first-order valence-corrected chi connectivity index (χ1v) is 6.24. The summed E-state index contributed by atoms with van der Waals surface area (Å²) in [6, 6.07) is 4.66. The summed E-state index contributed by atoms with van der Waals surface area (Å²) in [5.41, 5.74) is 5.10. The quantitative estimate of drug-likeness (QED) is 0.799. The second-order valence-electron chi connectivity index (χ2n) is 4.87. The number of methoxy groups -OCH3 is 1. The van der Waals surface area contributed by atoms with E-state index in [0.29, 0.717) is 11.4 Å². The summed E-state index contributed by atoms with van der Waals surface area (Å²) in [4.78, 5) is 25.2. The van der Waals surface area contributed by atoms with Crippen molar-refractivity contribution < 1.29 is 19.4 Å². The molecule has 0 aliphatic rings. The van der Waals surface area contributed by atoms with Gasteiger partial charge in [0.1, 0.15) is 11.3 Å². The van der Waals surface area contributed by atoms with Crippen LogP contribution in [0.4, 0.5) is 5.69 Å². The Morgan fingerprint density at radius 3 is 2.45 bits per heavy atom. The number of ether oxygens (including phenoxy) is 1. The van der Waals surface area contributed by atoms with Crippen LogP contribution < -0.4 is 10.5 Å². The molecule has 0 spiro atoms. The van der Waals surface area contributed by atoms with Crippen molar-refractivity contribution in [2.45, 2.75) is 26.3 Å². The molecule has 6 nitrogen and oxygen atoms in total. The van der Waals surface area contributed by atoms with Crippen LogP contribution in [0.2, 0.25) is 0 Å². The topological polar surface area (TPSA) is 92.9 Å². The zero-order valence-electron chi connectivity index (χ0n) is 12.1. The number of benzene rings is 1. The summed E-state index contributed by atoms with van der Waals surface area (Å²) in [6.07, 6.45) is 0. The molecule has 0 radical (unpaired) electrons. The molecule has 0 saturated heterocycles. The van der Waals surface area contributed by atoms with E-state index >= 15 is 0 Å². The molecule has 0 aliphatic heterocycles. The van der Waals surface area contributed by atoms with E-state index < -0.39 is 17.4 Å². The van der Waals surface area contributed by atoms with Crippen molar-refractivity contribution in [3.05, 3.63) is 23.8 Å². The fourth-order valence-electron chi connectivity index (χ4n) is 1.94. The standard InChI is InChI=1S/C14H20N2O4/c1-5-16(14(2,3)13(18)19)12(17)10-7-6-9(15)8-11(10)20-4/h6-8H,5,15H2,1-4H3,(H,18,19). The Balaban J connectivity index is 3.25. The maximum absolute atomic E-state index is 12.6. The number of carboxylic acid groups (broad SMARTS) is 1.